The van der Waals surface area contributed by atoms with Crippen LogP contribution in [0.1, 0.15) is 31.2 Å². The lowest BCUT2D eigenvalue weighted by atomic mass is 10.0. The molecule has 1 aliphatic rings. The van der Waals surface area contributed by atoms with Gasteiger partial charge in [0.25, 0.3) is 0 Å². The maximum atomic E-state index is 11.5. The predicted octanol–water partition coefficient (Wildman–Crippen LogP) is 1.72. The van der Waals surface area contributed by atoms with Crippen LogP contribution in [0.15, 0.2) is 30.3 Å². The summed E-state index contributed by atoms with van der Waals surface area (Å²) in [4.78, 5) is 16.6. The molecule has 5 nitrogen and oxygen atoms in total. The number of carbonyl (C=O) groups is 1. The first-order chi connectivity index (χ1) is 9.18. The van der Waals surface area contributed by atoms with Gasteiger partial charge in [-0.1, -0.05) is 43.2 Å². The Labute approximate surface area is 112 Å². The monoisotopic (exact) mass is 264 g/mol. The average Bonchev–Trinajstić information content (AvgIpc) is 2.85. The molecule has 1 aliphatic carbocycles. The summed E-state index contributed by atoms with van der Waals surface area (Å²) in [6.45, 7) is 0.589. The van der Waals surface area contributed by atoms with Gasteiger partial charge in [-0.15, -0.1) is 0 Å². The second-order valence-electron chi connectivity index (χ2n) is 4.99. The first-order valence-electron chi connectivity index (χ1n) is 6.60. The number of carbonyl (C=O) groups excluding carboxylic acids is 1. The Balaban J connectivity index is 1.62. The quantitative estimate of drug-likeness (QED) is 0.709. The predicted molar refractivity (Wildman–Crippen MR) is 71.2 cm³/mol. The molecule has 1 saturated carbocycles. The minimum absolute atomic E-state index is 0.271. The molecular formula is C14H20N2O3. The van der Waals surface area contributed by atoms with Gasteiger partial charge in [0.2, 0.25) is 0 Å². The molecule has 0 bridgehead atoms. The van der Waals surface area contributed by atoms with Crippen LogP contribution in [0.25, 0.3) is 0 Å². The van der Waals surface area contributed by atoms with Gasteiger partial charge in [0.15, 0.2) is 0 Å². The summed E-state index contributed by atoms with van der Waals surface area (Å²) < 4.78 is 0. The fourth-order valence-corrected chi connectivity index (χ4v) is 2.25. The third kappa shape index (κ3) is 4.54. The van der Waals surface area contributed by atoms with Crippen molar-refractivity contribution in [3.63, 3.8) is 0 Å². The van der Waals surface area contributed by atoms with Crippen LogP contribution in [0.2, 0.25) is 0 Å². The third-order valence-electron chi connectivity index (χ3n) is 3.36. The molecule has 2 rings (SSSR count). The maximum absolute atomic E-state index is 11.5. The van der Waals surface area contributed by atoms with Gasteiger partial charge in [0.1, 0.15) is 0 Å². The largest absolute Gasteiger partial charge is 0.388 e. The minimum Gasteiger partial charge on any atom is -0.388 e. The number of benzene rings is 1. The summed E-state index contributed by atoms with van der Waals surface area (Å²) in [6.07, 6.45) is 3.53. The lowest BCUT2D eigenvalue weighted by Crippen LogP contribution is -2.44. The Morgan fingerprint density at radius 2 is 1.95 bits per heavy atom. The van der Waals surface area contributed by atoms with Crippen LogP contribution < -0.4 is 10.8 Å². The van der Waals surface area contributed by atoms with Crippen molar-refractivity contribution in [3.8, 4) is 0 Å². The van der Waals surface area contributed by atoms with Gasteiger partial charge in [0.05, 0.1) is 12.2 Å². The van der Waals surface area contributed by atoms with Crippen molar-refractivity contribution in [1.82, 2.24) is 10.8 Å². The molecule has 1 aromatic carbocycles. The smallest absolute Gasteiger partial charge is 0.338 e. The SMILES string of the molecule is O=C(NCC1(O)CCCC1)NOCc1ccccc1. The van der Waals surface area contributed by atoms with Crippen LogP contribution in [0.5, 0.6) is 0 Å². The molecule has 2 amide bonds. The van der Waals surface area contributed by atoms with Gasteiger partial charge in [-0.3, -0.25) is 4.84 Å². The van der Waals surface area contributed by atoms with E-state index in [1.165, 1.54) is 0 Å². The maximum Gasteiger partial charge on any atom is 0.338 e. The molecule has 0 unspecified atom stereocenters. The van der Waals surface area contributed by atoms with Crippen LogP contribution in [-0.4, -0.2) is 23.3 Å². The molecule has 1 fully saturated rings. The highest BCUT2D eigenvalue weighted by atomic mass is 16.7. The summed E-state index contributed by atoms with van der Waals surface area (Å²) in [5.41, 5.74) is 2.56. The summed E-state index contributed by atoms with van der Waals surface area (Å²) in [5.74, 6) is 0. The molecule has 104 valence electrons. The molecule has 0 aromatic heterocycles. The van der Waals surface area contributed by atoms with E-state index in [1.54, 1.807) is 0 Å². The lowest BCUT2D eigenvalue weighted by Gasteiger charge is -2.22. The fraction of sp³-hybridized carbons (Fsp3) is 0.500. The first kappa shape index (κ1) is 13.8. The van der Waals surface area contributed by atoms with Crippen molar-refractivity contribution in [2.45, 2.75) is 37.9 Å². The standard InChI is InChI=1S/C14H20N2O3/c17-13(15-11-14(18)8-4-5-9-14)16-19-10-12-6-2-1-3-7-12/h1-3,6-7,18H,4-5,8-11H2,(H2,15,16,17). The summed E-state index contributed by atoms with van der Waals surface area (Å²) in [6, 6.07) is 9.16. The molecule has 0 atom stereocenters. The molecular weight excluding hydrogens is 244 g/mol. The van der Waals surface area contributed by atoms with Crippen molar-refractivity contribution in [2.75, 3.05) is 6.54 Å². The Bertz CT molecular complexity index is 402. The zero-order valence-electron chi connectivity index (χ0n) is 10.9. The van der Waals surface area contributed by atoms with Crippen molar-refractivity contribution < 1.29 is 14.7 Å². The molecule has 0 radical (unpaired) electrons. The Morgan fingerprint density at radius 3 is 2.63 bits per heavy atom. The topological polar surface area (TPSA) is 70.6 Å². The zero-order chi connectivity index (χ0) is 13.6. The molecule has 0 saturated heterocycles. The molecule has 5 heteroatoms. The summed E-state index contributed by atoms with van der Waals surface area (Å²) in [5, 5.41) is 12.7. The van der Waals surface area contributed by atoms with Crippen molar-refractivity contribution in [2.24, 2.45) is 0 Å². The van der Waals surface area contributed by atoms with E-state index >= 15 is 0 Å². The Morgan fingerprint density at radius 1 is 1.26 bits per heavy atom. The number of hydrogen-bond donors (Lipinski definition) is 3. The molecule has 0 aliphatic heterocycles. The summed E-state index contributed by atoms with van der Waals surface area (Å²) >= 11 is 0. The van der Waals surface area contributed by atoms with Gasteiger partial charge >= 0.3 is 6.03 Å². The third-order valence-corrected chi connectivity index (χ3v) is 3.36. The second kappa shape index (κ2) is 6.54. The van der Waals surface area contributed by atoms with Gasteiger partial charge in [0, 0.05) is 6.54 Å². The number of hydroxylamine groups is 1. The highest BCUT2D eigenvalue weighted by Crippen LogP contribution is 2.28. The minimum atomic E-state index is -0.739. The number of aliphatic hydroxyl groups is 1. The Hall–Kier alpha value is -1.59. The van der Waals surface area contributed by atoms with E-state index < -0.39 is 11.6 Å². The van der Waals surface area contributed by atoms with Gasteiger partial charge in [-0.25, -0.2) is 10.3 Å². The highest BCUT2D eigenvalue weighted by molar-refractivity contribution is 5.72. The number of amides is 2. The van der Waals surface area contributed by atoms with Crippen LogP contribution in [-0.2, 0) is 11.4 Å². The number of urea groups is 1. The van der Waals surface area contributed by atoms with Gasteiger partial charge in [-0.2, -0.15) is 0 Å². The van der Waals surface area contributed by atoms with Gasteiger partial charge in [-0.05, 0) is 18.4 Å². The normalized spacial score (nSPS) is 17.1. The molecule has 0 heterocycles. The van der Waals surface area contributed by atoms with E-state index in [-0.39, 0.29) is 6.54 Å². The van der Waals surface area contributed by atoms with Crippen LogP contribution in [0.4, 0.5) is 4.79 Å². The number of nitrogens with one attached hydrogen (secondary N) is 2. The van der Waals surface area contributed by atoms with E-state index in [4.69, 9.17) is 4.84 Å². The van der Waals surface area contributed by atoms with Crippen molar-refractivity contribution in [3.05, 3.63) is 35.9 Å². The van der Waals surface area contributed by atoms with Crippen molar-refractivity contribution >= 4 is 6.03 Å². The molecule has 0 spiro atoms. The van der Waals surface area contributed by atoms with E-state index in [2.05, 4.69) is 10.8 Å². The summed E-state index contributed by atoms with van der Waals surface area (Å²) in [7, 11) is 0. The highest BCUT2D eigenvalue weighted by Gasteiger charge is 2.31. The Kier molecular flexibility index (Phi) is 4.76. The number of hydrogen-bond acceptors (Lipinski definition) is 3. The molecule has 3 N–H and O–H groups in total. The second-order valence-corrected chi connectivity index (χ2v) is 4.99. The van der Waals surface area contributed by atoms with E-state index in [0.717, 1.165) is 31.2 Å². The fourth-order valence-electron chi connectivity index (χ4n) is 2.25. The molecule has 19 heavy (non-hydrogen) atoms. The van der Waals surface area contributed by atoms with Crippen LogP contribution in [0.3, 0.4) is 0 Å². The molecule has 1 aromatic rings. The average molecular weight is 264 g/mol. The van der Waals surface area contributed by atoms with Crippen molar-refractivity contribution in [1.29, 1.82) is 0 Å². The zero-order valence-corrected chi connectivity index (χ0v) is 10.9. The number of rotatable bonds is 5. The van der Waals surface area contributed by atoms with E-state index in [1.807, 2.05) is 30.3 Å². The first-order valence-corrected chi connectivity index (χ1v) is 6.60. The van der Waals surface area contributed by atoms with E-state index in [9.17, 15) is 9.90 Å². The van der Waals surface area contributed by atoms with Crippen LogP contribution in [0, 0.1) is 0 Å². The van der Waals surface area contributed by atoms with Gasteiger partial charge < -0.3 is 10.4 Å². The van der Waals surface area contributed by atoms with E-state index in [0.29, 0.717) is 6.61 Å². The van der Waals surface area contributed by atoms with Crippen LogP contribution >= 0.6 is 0 Å². The lowest BCUT2D eigenvalue weighted by molar-refractivity contribution is 0.0344.